The Morgan fingerprint density at radius 3 is 1.88 bits per heavy atom. The molecule has 4 aromatic carbocycles. The van der Waals surface area contributed by atoms with Gasteiger partial charge in [0, 0.05) is 27.7 Å². The van der Waals surface area contributed by atoms with Gasteiger partial charge in [0.05, 0.1) is 5.52 Å². The van der Waals surface area contributed by atoms with Crippen LogP contribution in [0.3, 0.4) is 0 Å². The van der Waals surface area contributed by atoms with Gasteiger partial charge in [0.15, 0.2) is 0 Å². The molecule has 0 amide bonds. The highest BCUT2D eigenvalue weighted by Crippen LogP contribution is 2.52. The van der Waals surface area contributed by atoms with E-state index in [0.29, 0.717) is 6.04 Å². The van der Waals surface area contributed by atoms with Crippen molar-refractivity contribution in [3.63, 3.8) is 0 Å². The highest BCUT2D eigenvalue weighted by molar-refractivity contribution is 6.32. The van der Waals surface area contributed by atoms with Crippen LogP contribution in [0.15, 0.2) is 60.7 Å². The van der Waals surface area contributed by atoms with Crippen LogP contribution in [0.1, 0.15) is 71.6 Å². The molecule has 5 aromatic rings. The SMILES string of the molecule is CC(C)n1c2ccc3c(c2c2c4ccccc4c4ccccc4c21)C(C)(C)CCC3(C)C. The summed E-state index contributed by atoms with van der Waals surface area (Å²) in [4.78, 5) is 0. The Labute approximate surface area is 191 Å². The fourth-order valence-corrected chi connectivity index (χ4v) is 6.48. The van der Waals surface area contributed by atoms with E-state index in [9.17, 15) is 0 Å². The Bertz CT molecular complexity index is 1540. The molecule has 0 saturated heterocycles. The average molecular weight is 420 g/mol. The van der Waals surface area contributed by atoms with Crippen LogP contribution in [-0.4, -0.2) is 4.57 Å². The quantitative estimate of drug-likeness (QED) is 0.239. The van der Waals surface area contributed by atoms with E-state index in [4.69, 9.17) is 0 Å². The molecule has 1 aromatic heterocycles. The second kappa shape index (κ2) is 6.38. The average Bonchev–Trinajstić information content (AvgIpc) is 3.13. The van der Waals surface area contributed by atoms with Crippen molar-refractivity contribution in [3.05, 3.63) is 71.8 Å². The number of hydrogen-bond acceptors (Lipinski definition) is 0. The van der Waals surface area contributed by atoms with E-state index in [0.717, 1.165) is 0 Å². The molecule has 0 spiro atoms. The molecule has 6 rings (SSSR count). The Balaban J connectivity index is 2.01. The minimum Gasteiger partial charge on any atom is -0.337 e. The number of aromatic nitrogens is 1. The van der Waals surface area contributed by atoms with Gasteiger partial charge in [-0.05, 0) is 70.9 Å². The molecule has 162 valence electrons. The van der Waals surface area contributed by atoms with Crippen LogP contribution in [-0.2, 0) is 10.8 Å². The van der Waals surface area contributed by atoms with Crippen LogP contribution < -0.4 is 0 Å². The zero-order valence-corrected chi connectivity index (χ0v) is 20.2. The number of hydrogen-bond donors (Lipinski definition) is 0. The third-order valence-electron chi connectivity index (χ3n) is 8.14. The molecule has 1 nitrogen and oxygen atoms in total. The Kier molecular flexibility index (Phi) is 3.96. The monoisotopic (exact) mass is 419 g/mol. The molecule has 0 bridgehead atoms. The topological polar surface area (TPSA) is 4.93 Å². The van der Waals surface area contributed by atoms with E-state index in [1.165, 1.54) is 56.2 Å². The van der Waals surface area contributed by atoms with Crippen molar-refractivity contribution in [3.8, 4) is 0 Å². The van der Waals surface area contributed by atoms with Gasteiger partial charge in [-0.2, -0.15) is 0 Å². The number of fused-ring (bicyclic) bond motifs is 10. The highest BCUT2D eigenvalue weighted by Gasteiger charge is 2.39. The van der Waals surface area contributed by atoms with E-state index < -0.39 is 0 Å². The van der Waals surface area contributed by atoms with Crippen molar-refractivity contribution in [1.29, 1.82) is 0 Å². The molecule has 0 unspecified atom stereocenters. The molecule has 0 saturated carbocycles. The maximum atomic E-state index is 2.61. The van der Waals surface area contributed by atoms with Gasteiger partial charge in [-0.3, -0.25) is 0 Å². The van der Waals surface area contributed by atoms with Gasteiger partial charge in [-0.25, -0.2) is 0 Å². The fraction of sp³-hybridized carbons (Fsp3) is 0.355. The predicted molar refractivity (Wildman–Crippen MR) is 140 cm³/mol. The van der Waals surface area contributed by atoms with Crippen molar-refractivity contribution in [2.45, 2.75) is 71.3 Å². The smallest absolute Gasteiger partial charge is 0.0580 e. The first-order valence-electron chi connectivity index (χ1n) is 12.1. The summed E-state index contributed by atoms with van der Waals surface area (Å²) in [5, 5.41) is 8.42. The van der Waals surface area contributed by atoms with Gasteiger partial charge in [0.1, 0.15) is 0 Å². The van der Waals surface area contributed by atoms with Gasteiger partial charge in [-0.1, -0.05) is 82.3 Å². The minimum absolute atomic E-state index is 0.160. The molecule has 0 radical (unpaired) electrons. The molecule has 0 aliphatic heterocycles. The highest BCUT2D eigenvalue weighted by atomic mass is 15.0. The molecule has 1 heterocycles. The number of rotatable bonds is 1. The van der Waals surface area contributed by atoms with E-state index in [1.54, 1.807) is 11.1 Å². The van der Waals surface area contributed by atoms with E-state index in [1.807, 2.05) is 0 Å². The lowest BCUT2D eigenvalue weighted by Gasteiger charge is -2.42. The van der Waals surface area contributed by atoms with Crippen LogP contribution in [0, 0.1) is 0 Å². The van der Waals surface area contributed by atoms with Gasteiger partial charge in [0.2, 0.25) is 0 Å². The zero-order valence-electron chi connectivity index (χ0n) is 20.2. The van der Waals surface area contributed by atoms with Crippen molar-refractivity contribution < 1.29 is 0 Å². The van der Waals surface area contributed by atoms with Crippen molar-refractivity contribution >= 4 is 43.4 Å². The van der Waals surface area contributed by atoms with Gasteiger partial charge in [-0.15, -0.1) is 0 Å². The summed E-state index contributed by atoms with van der Waals surface area (Å²) in [6, 6.07) is 23.3. The molecule has 0 fully saturated rings. The second-order valence-corrected chi connectivity index (χ2v) is 11.4. The molecule has 0 N–H and O–H groups in total. The zero-order chi connectivity index (χ0) is 22.4. The second-order valence-electron chi connectivity index (χ2n) is 11.4. The van der Waals surface area contributed by atoms with Crippen molar-refractivity contribution in [2.24, 2.45) is 0 Å². The van der Waals surface area contributed by atoms with Crippen LogP contribution in [0.5, 0.6) is 0 Å². The lowest BCUT2D eigenvalue weighted by Crippen LogP contribution is -2.34. The third-order valence-corrected chi connectivity index (χ3v) is 8.14. The largest absolute Gasteiger partial charge is 0.337 e. The Morgan fingerprint density at radius 2 is 1.22 bits per heavy atom. The number of nitrogens with zero attached hydrogens (tertiary/aromatic N) is 1. The van der Waals surface area contributed by atoms with Gasteiger partial charge in [0.25, 0.3) is 0 Å². The van der Waals surface area contributed by atoms with Crippen molar-refractivity contribution in [2.75, 3.05) is 0 Å². The molecule has 0 atom stereocenters. The van der Waals surface area contributed by atoms with Gasteiger partial charge < -0.3 is 4.57 Å². The summed E-state index contributed by atoms with van der Waals surface area (Å²) < 4.78 is 2.61. The van der Waals surface area contributed by atoms with E-state index in [-0.39, 0.29) is 10.8 Å². The molecule has 1 aliphatic rings. The fourth-order valence-electron chi connectivity index (χ4n) is 6.48. The molecule has 32 heavy (non-hydrogen) atoms. The first-order chi connectivity index (χ1) is 15.2. The summed E-state index contributed by atoms with van der Waals surface area (Å²) in [5.74, 6) is 0. The molecular formula is C31H33N. The maximum Gasteiger partial charge on any atom is 0.0580 e. The Morgan fingerprint density at radius 1 is 0.656 bits per heavy atom. The van der Waals surface area contributed by atoms with Gasteiger partial charge >= 0.3 is 0 Å². The maximum absolute atomic E-state index is 2.61. The van der Waals surface area contributed by atoms with Crippen LogP contribution in [0.4, 0.5) is 0 Å². The summed E-state index contributed by atoms with van der Waals surface area (Å²) >= 11 is 0. The lowest BCUT2D eigenvalue weighted by molar-refractivity contribution is 0.334. The minimum atomic E-state index is 0.160. The summed E-state index contributed by atoms with van der Waals surface area (Å²) in [6.45, 7) is 14.4. The first kappa shape index (κ1) is 19.9. The first-order valence-corrected chi connectivity index (χ1v) is 12.1. The van der Waals surface area contributed by atoms with Crippen molar-refractivity contribution in [1.82, 2.24) is 4.57 Å². The number of benzene rings is 4. The van der Waals surface area contributed by atoms with Crippen LogP contribution >= 0.6 is 0 Å². The molecular weight excluding hydrogens is 386 g/mol. The normalized spacial score (nSPS) is 17.6. The third kappa shape index (κ3) is 2.46. The molecule has 1 aliphatic carbocycles. The van der Waals surface area contributed by atoms with E-state index >= 15 is 0 Å². The van der Waals surface area contributed by atoms with Crippen LogP contribution in [0.2, 0.25) is 0 Å². The summed E-state index contributed by atoms with van der Waals surface area (Å²) in [7, 11) is 0. The predicted octanol–water partition coefficient (Wildman–Crippen LogP) is 9.03. The van der Waals surface area contributed by atoms with Crippen LogP contribution in [0.25, 0.3) is 43.4 Å². The summed E-state index contributed by atoms with van der Waals surface area (Å²) in [5.41, 5.74) is 6.28. The standard InChI is InChI=1S/C31H33N/c1-19(2)32-25-16-15-24-28(31(5,6)18-17-30(24,3)4)27(25)26-22-13-9-7-11-20(22)21-12-8-10-14-23(21)29(26)32/h7-16,19H,17-18H2,1-6H3. The lowest BCUT2D eigenvalue weighted by atomic mass is 9.62. The Hall–Kier alpha value is -2.80. The summed E-state index contributed by atoms with van der Waals surface area (Å²) in [6.07, 6.45) is 2.47. The van der Waals surface area contributed by atoms with E-state index in [2.05, 4.69) is 107 Å². The molecule has 1 heteroatoms.